The molecule has 26 heavy (non-hydrogen) atoms. The predicted molar refractivity (Wildman–Crippen MR) is 104 cm³/mol. The van der Waals surface area contributed by atoms with Gasteiger partial charge in [-0.1, -0.05) is 30.3 Å². The minimum absolute atomic E-state index is 0.744. The first-order chi connectivity index (χ1) is 12.8. The molecule has 0 amide bonds. The van der Waals surface area contributed by atoms with E-state index in [1.807, 2.05) is 42.8 Å². The number of nitrogens with one attached hydrogen (secondary N) is 2. The third kappa shape index (κ3) is 2.48. The molecule has 2 aromatic heterocycles. The Labute approximate surface area is 150 Å². The molecule has 128 valence electrons. The van der Waals surface area contributed by atoms with Crippen molar-refractivity contribution >= 4 is 33.5 Å². The number of benzene rings is 2. The zero-order valence-electron chi connectivity index (χ0n) is 14.3. The van der Waals surface area contributed by atoms with E-state index in [9.17, 15) is 0 Å². The van der Waals surface area contributed by atoms with Gasteiger partial charge in [-0.25, -0.2) is 15.0 Å². The Hall–Kier alpha value is -3.38. The number of rotatable bonds is 3. The van der Waals surface area contributed by atoms with E-state index in [-0.39, 0.29) is 0 Å². The summed E-state index contributed by atoms with van der Waals surface area (Å²) in [5.41, 5.74) is 7.27. The molecular formula is C20H18N6. The van der Waals surface area contributed by atoms with Crippen molar-refractivity contribution in [2.24, 2.45) is 0 Å². The van der Waals surface area contributed by atoms with Crippen LogP contribution >= 0.6 is 0 Å². The van der Waals surface area contributed by atoms with E-state index < -0.39 is 0 Å². The first kappa shape index (κ1) is 14.9. The summed E-state index contributed by atoms with van der Waals surface area (Å²) in [6.45, 7) is 0.837. The van der Waals surface area contributed by atoms with Gasteiger partial charge in [-0.3, -0.25) is 4.40 Å². The third-order valence-electron chi connectivity index (χ3n) is 4.64. The Morgan fingerprint density at radius 1 is 1.08 bits per heavy atom. The highest BCUT2D eigenvalue weighted by Gasteiger charge is 2.17. The van der Waals surface area contributed by atoms with Crippen LogP contribution in [-0.2, 0) is 0 Å². The molecule has 0 aliphatic carbocycles. The maximum absolute atomic E-state index is 4.60. The lowest BCUT2D eigenvalue weighted by molar-refractivity contribution is 0.334. The van der Waals surface area contributed by atoms with Gasteiger partial charge in [0.25, 0.3) is 0 Å². The molecule has 1 aliphatic rings. The van der Waals surface area contributed by atoms with Crippen LogP contribution in [0.25, 0.3) is 22.0 Å². The average Bonchev–Trinajstić information content (AvgIpc) is 3.28. The van der Waals surface area contributed by atoms with Gasteiger partial charge in [-0.2, -0.15) is 0 Å². The van der Waals surface area contributed by atoms with E-state index in [4.69, 9.17) is 0 Å². The molecule has 1 aliphatic heterocycles. The molecule has 2 aromatic carbocycles. The van der Waals surface area contributed by atoms with Crippen molar-refractivity contribution in [1.82, 2.24) is 24.8 Å². The van der Waals surface area contributed by atoms with Crippen molar-refractivity contribution in [3.8, 4) is 0 Å². The van der Waals surface area contributed by atoms with Crippen LogP contribution in [0.3, 0.4) is 0 Å². The number of nitrogens with zero attached hydrogens (tertiary/aromatic N) is 4. The van der Waals surface area contributed by atoms with Crippen LogP contribution in [0.4, 0.5) is 11.5 Å². The number of aromatic nitrogens is 3. The van der Waals surface area contributed by atoms with Crippen molar-refractivity contribution in [2.45, 2.75) is 0 Å². The second-order valence-corrected chi connectivity index (χ2v) is 6.45. The Balaban J connectivity index is 1.53. The van der Waals surface area contributed by atoms with Gasteiger partial charge < -0.3 is 10.7 Å². The summed E-state index contributed by atoms with van der Waals surface area (Å²) >= 11 is 0. The second kappa shape index (κ2) is 5.86. The summed E-state index contributed by atoms with van der Waals surface area (Å²) in [6, 6.07) is 14.6. The first-order valence-electron chi connectivity index (χ1n) is 8.52. The molecular weight excluding hydrogens is 324 g/mol. The van der Waals surface area contributed by atoms with Gasteiger partial charge in [0, 0.05) is 43.4 Å². The summed E-state index contributed by atoms with van der Waals surface area (Å²) in [5, 5.41) is 7.86. The van der Waals surface area contributed by atoms with Crippen LogP contribution < -0.4 is 10.7 Å². The maximum Gasteiger partial charge on any atom is 0.180 e. The molecule has 0 atom stereocenters. The molecule has 0 radical (unpaired) electrons. The van der Waals surface area contributed by atoms with E-state index in [1.165, 1.54) is 16.3 Å². The van der Waals surface area contributed by atoms with Gasteiger partial charge in [0.05, 0.1) is 11.9 Å². The Kier molecular flexibility index (Phi) is 3.36. The van der Waals surface area contributed by atoms with Crippen molar-refractivity contribution < 1.29 is 0 Å². The van der Waals surface area contributed by atoms with E-state index in [1.54, 1.807) is 6.20 Å². The molecule has 3 heterocycles. The lowest BCUT2D eigenvalue weighted by Crippen LogP contribution is -2.24. The summed E-state index contributed by atoms with van der Waals surface area (Å²) < 4.78 is 2.07. The number of likely N-dealkylation sites (N-methyl/N-ethyl adjacent to an activating group) is 1. The zero-order chi connectivity index (χ0) is 17.5. The molecule has 4 aromatic rings. The Bertz CT molecular complexity index is 1140. The lowest BCUT2D eigenvalue weighted by Gasteiger charge is -2.09. The SMILES string of the molecule is CN1CC(c2cnc3c(Nc4ccc5ccccc5c4)nccn23)=CN1. The summed E-state index contributed by atoms with van der Waals surface area (Å²) in [4.78, 5) is 9.09. The van der Waals surface area contributed by atoms with Gasteiger partial charge in [-0.05, 0) is 22.9 Å². The normalized spacial score (nSPS) is 14.6. The summed E-state index contributed by atoms with van der Waals surface area (Å²) in [5.74, 6) is 0.744. The van der Waals surface area contributed by atoms with E-state index in [0.29, 0.717) is 0 Å². The quantitative estimate of drug-likeness (QED) is 0.597. The number of anilines is 2. The van der Waals surface area contributed by atoms with Crippen LogP contribution in [-0.4, -0.2) is 33.0 Å². The smallest absolute Gasteiger partial charge is 0.180 e. The van der Waals surface area contributed by atoms with E-state index >= 15 is 0 Å². The van der Waals surface area contributed by atoms with Crippen LogP contribution in [0.1, 0.15) is 5.69 Å². The van der Waals surface area contributed by atoms with Crippen molar-refractivity contribution in [1.29, 1.82) is 0 Å². The van der Waals surface area contributed by atoms with E-state index in [2.05, 4.69) is 55.4 Å². The van der Waals surface area contributed by atoms with E-state index in [0.717, 1.165) is 29.4 Å². The van der Waals surface area contributed by atoms with Crippen LogP contribution in [0.5, 0.6) is 0 Å². The minimum atomic E-state index is 0.744. The van der Waals surface area contributed by atoms with Crippen molar-refractivity contribution in [3.63, 3.8) is 0 Å². The number of hydrogen-bond acceptors (Lipinski definition) is 5. The number of fused-ring (bicyclic) bond motifs is 2. The minimum Gasteiger partial charge on any atom is -0.337 e. The molecule has 0 saturated heterocycles. The first-order valence-corrected chi connectivity index (χ1v) is 8.52. The van der Waals surface area contributed by atoms with Crippen LogP contribution in [0, 0.1) is 0 Å². The third-order valence-corrected chi connectivity index (χ3v) is 4.64. The molecule has 6 heteroatoms. The van der Waals surface area contributed by atoms with Crippen molar-refractivity contribution in [3.05, 3.63) is 72.9 Å². The van der Waals surface area contributed by atoms with Gasteiger partial charge in [-0.15, -0.1) is 0 Å². The molecule has 0 fully saturated rings. The predicted octanol–water partition coefficient (Wildman–Crippen LogP) is 3.42. The standard InChI is InChI=1S/C20H18N6/c1-25-13-16(11-23-25)18-12-22-20-19(21-8-9-26(18)20)24-17-7-6-14-4-2-3-5-15(14)10-17/h2-12,23H,13H2,1H3,(H,21,24). The van der Waals surface area contributed by atoms with Gasteiger partial charge in [0.1, 0.15) is 0 Å². The number of hydrazine groups is 1. The molecule has 0 spiro atoms. The van der Waals surface area contributed by atoms with Gasteiger partial charge >= 0.3 is 0 Å². The monoisotopic (exact) mass is 342 g/mol. The Morgan fingerprint density at radius 3 is 2.81 bits per heavy atom. The number of imidazole rings is 1. The fraction of sp³-hybridized carbons (Fsp3) is 0.100. The Morgan fingerprint density at radius 2 is 1.96 bits per heavy atom. The molecule has 0 bridgehead atoms. The molecule has 0 unspecified atom stereocenters. The van der Waals surface area contributed by atoms with Gasteiger partial charge in [0.15, 0.2) is 11.5 Å². The molecule has 0 saturated carbocycles. The van der Waals surface area contributed by atoms with Gasteiger partial charge in [0.2, 0.25) is 0 Å². The fourth-order valence-corrected chi connectivity index (χ4v) is 3.34. The molecule has 5 rings (SSSR count). The second-order valence-electron chi connectivity index (χ2n) is 6.45. The molecule has 2 N–H and O–H groups in total. The topological polar surface area (TPSA) is 57.5 Å². The van der Waals surface area contributed by atoms with Crippen LogP contribution in [0.15, 0.2) is 67.3 Å². The zero-order valence-corrected chi connectivity index (χ0v) is 14.3. The highest BCUT2D eigenvalue weighted by molar-refractivity contribution is 5.87. The van der Waals surface area contributed by atoms with Crippen molar-refractivity contribution in [2.75, 3.05) is 18.9 Å². The largest absolute Gasteiger partial charge is 0.337 e. The summed E-state index contributed by atoms with van der Waals surface area (Å²) in [6.07, 6.45) is 7.66. The summed E-state index contributed by atoms with van der Waals surface area (Å²) in [7, 11) is 2.01. The molecule has 6 nitrogen and oxygen atoms in total. The van der Waals surface area contributed by atoms with Crippen LogP contribution in [0.2, 0.25) is 0 Å². The number of hydrogen-bond donors (Lipinski definition) is 2. The highest BCUT2D eigenvalue weighted by atomic mass is 15.5. The average molecular weight is 342 g/mol. The maximum atomic E-state index is 4.60. The lowest BCUT2D eigenvalue weighted by atomic mass is 10.1. The highest BCUT2D eigenvalue weighted by Crippen LogP contribution is 2.26. The fourth-order valence-electron chi connectivity index (χ4n) is 3.34.